The Morgan fingerprint density at radius 2 is 2.18 bits per heavy atom. The number of nitrogens with one attached hydrogen (secondary N) is 1. The zero-order chi connectivity index (χ0) is 8.32. The third-order valence-corrected chi connectivity index (χ3v) is 1.65. The van der Waals surface area contributed by atoms with Crippen molar-refractivity contribution in [2.45, 2.75) is 12.8 Å². The summed E-state index contributed by atoms with van der Waals surface area (Å²) in [5, 5.41) is 2.96. The molecule has 11 heavy (non-hydrogen) atoms. The van der Waals surface area contributed by atoms with Crippen LogP contribution in [0.3, 0.4) is 0 Å². The lowest BCUT2D eigenvalue weighted by molar-refractivity contribution is -0.327. The van der Waals surface area contributed by atoms with E-state index in [-0.39, 0.29) is 12.5 Å². The molecule has 0 spiro atoms. The van der Waals surface area contributed by atoms with Gasteiger partial charge in [-0.2, -0.15) is 0 Å². The van der Waals surface area contributed by atoms with Gasteiger partial charge in [-0.05, 0) is 18.9 Å². The van der Waals surface area contributed by atoms with Crippen LogP contribution in [0.1, 0.15) is 6.42 Å². The van der Waals surface area contributed by atoms with E-state index in [2.05, 4.69) is 10.1 Å². The number of alkyl halides is 3. The van der Waals surface area contributed by atoms with E-state index in [0.717, 1.165) is 13.0 Å². The Bertz CT molecular complexity index is 119. The van der Waals surface area contributed by atoms with Gasteiger partial charge in [-0.25, -0.2) is 0 Å². The van der Waals surface area contributed by atoms with Crippen LogP contribution >= 0.6 is 0 Å². The Hall–Kier alpha value is -0.290. The molecule has 0 bridgehead atoms. The molecule has 1 heterocycles. The zero-order valence-corrected chi connectivity index (χ0v) is 5.95. The fourth-order valence-electron chi connectivity index (χ4n) is 1.07. The fourth-order valence-corrected chi connectivity index (χ4v) is 1.07. The Balaban J connectivity index is 2.11. The number of rotatable bonds is 2. The SMILES string of the molecule is FC(F)(F)OC[C@H]1CCNC1. The van der Waals surface area contributed by atoms with Gasteiger partial charge in [0.05, 0.1) is 6.61 Å². The minimum absolute atomic E-state index is 0.0247. The van der Waals surface area contributed by atoms with Crippen molar-refractivity contribution in [3.63, 3.8) is 0 Å². The number of hydrogen-bond acceptors (Lipinski definition) is 2. The van der Waals surface area contributed by atoms with Gasteiger partial charge in [0.15, 0.2) is 0 Å². The van der Waals surface area contributed by atoms with Crippen LogP contribution in [-0.2, 0) is 4.74 Å². The van der Waals surface area contributed by atoms with Crippen molar-refractivity contribution in [1.82, 2.24) is 5.32 Å². The summed E-state index contributed by atoms with van der Waals surface area (Å²) in [7, 11) is 0. The van der Waals surface area contributed by atoms with Crippen LogP contribution in [0, 0.1) is 5.92 Å². The van der Waals surface area contributed by atoms with E-state index in [9.17, 15) is 13.2 Å². The molecule has 0 radical (unpaired) electrons. The molecular formula is C6H10F3NO. The first-order valence-electron chi connectivity index (χ1n) is 3.49. The summed E-state index contributed by atoms with van der Waals surface area (Å²) >= 11 is 0. The van der Waals surface area contributed by atoms with Crippen molar-refractivity contribution in [3.8, 4) is 0 Å². The number of hydrogen-bond donors (Lipinski definition) is 1. The summed E-state index contributed by atoms with van der Waals surface area (Å²) in [5.74, 6) is 0.0247. The van der Waals surface area contributed by atoms with Crippen LogP contribution in [0.4, 0.5) is 13.2 Å². The van der Waals surface area contributed by atoms with E-state index in [1.165, 1.54) is 0 Å². The quantitative estimate of drug-likeness (QED) is 0.669. The average Bonchev–Trinajstić information content (AvgIpc) is 2.32. The van der Waals surface area contributed by atoms with E-state index in [0.29, 0.717) is 6.54 Å². The summed E-state index contributed by atoms with van der Waals surface area (Å²) < 4.78 is 38.1. The number of halogens is 3. The summed E-state index contributed by atoms with van der Waals surface area (Å²) in [5.41, 5.74) is 0. The van der Waals surface area contributed by atoms with Crippen molar-refractivity contribution in [1.29, 1.82) is 0 Å². The van der Waals surface area contributed by atoms with Crippen molar-refractivity contribution < 1.29 is 17.9 Å². The summed E-state index contributed by atoms with van der Waals surface area (Å²) in [6, 6.07) is 0. The van der Waals surface area contributed by atoms with Gasteiger partial charge < -0.3 is 5.32 Å². The van der Waals surface area contributed by atoms with Crippen LogP contribution in [0.5, 0.6) is 0 Å². The molecule has 0 aromatic rings. The minimum Gasteiger partial charge on any atom is -0.316 e. The fraction of sp³-hybridized carbons (Fsp3) is 1.00. The smallest absolute Gasteiger partial charge is 0.316 e. The van der Waals surface area contributed by atoms with Gasteiger partial charge in [0.2, 0.25) is 0 Å². The second-order valence-corrected chi connectivity index (χ2v) is 2.62. The van der Waals surface area contributed by atoms with Gasteiger partial charge in [0, 0.05) is 6.54 Å². The van der Waals surface area contributed by atoms with Gasteiger partial charge in [-0.3, -0.25) is 4.74 Å². The molecule has 0 aliphatic carbocycles. The van der Waals surface area contributed by atoms with Crippen molar-refractivity contribution >= 4 is 0 Å². The zero-order valence-electron chi connectivity index (χ0n) is 5.95. The van der Waals surface area contributed by atoms with Crippen molar-refractivity contribution in [3.05, 3.63) is 0 Å². The molecule has 0 unspecified atom stereocenters. The molecule has 0 aromatic carbocycles. The highest BCUT2D eigenvalue weighted by Crippen LogP contribution is 2.19. The molecule has 5 heteroatoms. The molecule has 1 rings (SSSR count). The first-order valence-corrected chi connectivity index (χ1v) is 3.49. The molecule has 66 valence electrons. The maximum atomic E-state index is 11.5. The van der Waals surface area contributed by atoms with E-state index in [1.807, 2.05) is 0 Å². The molecule has 0 amide bonds. The topological polar surface area (TPSA) is 21.3 Å². The lowest BCUT2D eigenvalue weighted by atomic mass is 10.1. The van der Waals surface area contributed by atoms with E-state index in [4.69, 9.17) is 0 Å². The highest BCUT2D eigenvalue weighted by Gasteiger charge is 2.30. The van der Waals surface area contributed by atoms with E-state index >= 15 is 0 Å². The molecule has 1 fully saturated rings. The predicted octanol–water partition coefficient (Wildman–Crippen LogP) is 1.13. The van der Waals surface area contributed by atoms with Gasteiger partial charge in [-0.1, -0.05) is 0 Å². The Morgan fingerprint density at radius 1 is 1.45 bits per heavy atom. The number of ether oxygens (including phenoxy) is 1. The highest BCUT2D eigenvalue weighted by molar-refractivity contribution is 4.70. The van der Waals surface area contributed by atoms with Gasteiger partial charge in [0.25, 0.3) is 0 Å². The maximum Gasteiger partial charge on any atom is 0.522 e. The Labute approximate surface area is 62.7 Å². The molecule has 1 aliphatic rings. The monoisotopic (exact) mass is 169 g/mol. The van der Waals surface area contributed by atoms with Gasteiger partial charge in [-0.15, -0.1) is 13.2 Å². The molecule has 1 saturated heterocycles. The lowest BCUT2D eigenvalue weighted by Gasteiger charge is -2.10. The lowest BCUT2D eigenvalue weighted by Crippen LogP contribution is -2.21. The van der Waals surface area contributed by atoms with Crippen LogP contribution in [0.15, 0.2) is 0 Å². The average molecular weight is 169 g/mol. The predicted molar refractivity (Wildman–Crippen MR) is 33.0 cm³/mol. The van der Waals surface area contributed by atoms with Gasteiger partial charge in [0.1, 0.15) is 0 Å². The summed E-state index contributed by atoms with van der Waals surface area (Å²) in [4.78, 5) is 0. The third kappa shape index (κ3) is 3.57. The normalized spacial score (nSPS) is 25.9. The van der Waals surface area contributed by atoms with Crippen molar-refractivity contribution in [2.75, 3.05) is 19.7 Å². The van der Waals surface area contributed by atoms with Crippen LogP contribution in [-0.4, -0.2) is 26.1 Å². The van der Waals surface area contributed by atoms with Crippen LogP contribution in [0.25, 0.3) is 0 Å². The molecule has 2 nitrogen and oxygen atoms in total. The second kappa shape index (κ2) is 3.40. The minimum atomic E-state index is -4.47. The molecule has 1 atom stereocenters. The summed E-state index contributed by atoms with van der Waals surface area (Å²) in [6.45, 7) is 1.22. The third-order valence-electron chi connectivity index (χ3n) is 1.65. The second-order valence-electron chi connectivity index (χ2n) is 2.62. The summed E-state index contributed by atoms with van der Waals surface area (Å²) in [6.07, 6.45) is -3.70. The molecule has 0 aromatic heterocycles. The van der Waals surface area contributed by atoms with Crippen LogP contribution < -0.4 is 5.32 Å². The molecule has 0 saturated carbocycles. The maximum absolute atomic E-state index is 11.5. The van der Waals surface area contributed by atoms with Gasteiger partial charge >= 0.3 is 6.36 Å². The largest absolute Gasteiger partial charge is 0.522 e. The first kappa shape index (κ1) is 8.80. The standard InChI is InChI=1S/C6H10F3NO/c7-6(8,9)11-4-5-1-2-10-3-5/h5,10H,1-4H2/t5-/m0/s1. The van der Waals surface area contributed by atoms with Crippen molar-refractivity contribution in [2.24, 2.45) is 5.92 Å². The van der Waals surface area contributed by atoms with Crippen LogP contribution in [0.2, 0.25) is 0 Å². The highest BCUT2D eigenvalue weighted by atomic mass is 19.4. The van der Waals surface area contributed by atoms with E-state index in [1.54, 1.807) is 0 Å². The Morgan fingerprint density at radius 3 is 2.64 bits per heavy atom. The Kier molecular flexibility index (Phi) is 2.72. The molecule has 1 N–H and O–H groups in total. The van der Waals surface area contributed by atoms with E-state index < -0.39 is 6.36 Å². The molecule has 1 aliphatic heterocycles. The first-order chi connectivity index (χ1) is 5.08. The molecular weight excluding hydrogens is 159 g/mol.